The normalized spacial score (nSPS) is 14.0. The van der Waals surface area contributed by atoms with Gasteiger partial charge in [-0.05, 0) is 102 Å². The molecule has 10 heteroatoms. The Morgan fingerprint density at radius 1 is 0.424 bits per heavy atom. The monoisotopic (exact) mass is 1210 g/mol. The van der Waals surface area contributed by atoms with E-state index in [-0.39, 0.29) is 24.9 Å². The van der Waals surface area contributed by atoms with Gasteiger partial charge in [-0.2, -0.15) is 0 Å². The highest BCUT2D eigenvalue weighted by molar-refractivity contribution is 7.45. The van der Waals surface area contributed by atoms with Gasteiger partial charge in [0, 0.05) is 12.8 Å². The molecule has 85 heavy (non-hydrogen) atoms. The van der Waals surface area contributed by atoms with Crippen LogP contribution in [-0.4, -0.2) is 69.4 Å². The number of carbonyl (C=O) groups excluding carboxylic acids is 2. The van der Waals surface area contributed by atoms with Gasteiger partial charge < -0.3 is 28.5 Å². The van der Waals surface area contributed by atoms with Crippen molar-refractivity contribution in [2.75, 3.05) is 40.9 Å². The maximum atomic E-state index is 13.6. The molecule has 0 rings (SSSR count). The van der Waals surface area contributed by atoms with Crippen molar-refractivity contribution in [3.63, 3.8) is 0 Å². The molecule has 3 unspecified atom stereocenters. The Hall–Kier alpha value is -2.81. The quantitative estimate of drug-likeness (QED) is 0.0212. The molecule has 0 aliphatic heterocycles. The van der Waals surface area contributed by atoms with Crippen molar-refractivity contribution in [3.8, 4) is 0 Å². The van der Waals surface area contributed by atoms with E-state index in [4.69, 9.17) is 13.8 Å². The topological polar surface area (TPSA) is 114 Å². The van der Waals surface area contributed by atoms with Crippen molar-refractivity contribution in [3.05, 3.63) is 85.1 Å². The summed E-state index contributed by atoms with van der Waals surface area (Å²) in [4.78, 5) is 40.2. The number of carbonyl (C=O) groups is 2. The lowest BCUT2D eigenvalue weighted by Crippen LogP contribution is -2.47. The molecule has 1 amide bonds. The van der Waals surface area contributed by atoms with Crippen molar-refractivity contribution in [1.82, 2.24) is 5.32 Å². The fourth-order valence-corrected chi connectivity index (χ4v) is 11.0. The van der Waals surface area contributed by atoms with Crippen LogP contribution in [0.2, 0.25) is 0 Å². The van der Waals surface area contributed by atoms with Crippen LogP contribution in [0.1, 0.15) is 329 Å². The first-order chi connectivity index (χ1) is 41.4. The van der Waals surface area contributed by atoms with E-state index in [0.29, 0.717) is 17.4 Å². The van der Waals surface area contributed by atoms with Gasteiger partial charge >= 0.3 is 5.97 Å². The van der Waals surface area contributed by atoms with Crippen LogP contribution in [0.4, 0.5) is 0 Å². The number of phosphoric ester groups is 1. The summed E-state index contributed by atoms with van der Waals surface area (Å²) in [6.45, 7) is 6.75. The van der Waals surface area contributed by atoms with Crippen LogP contribution in [0.5, 0.6) is 0 Å². The van der Waals surface area contributed by atoms with Gasteiger partial charge in [0.15, 0.2) is 0 Å². The van der Waals surface area contributed by atoms with E-state index >= 15 is 0 Å². The molecule has 0 radical (unpaired) electrons. The minimum absolute atomic E-state index is 0.0252. The van der Waals surface area contributed by atoms with Crippen molar-refractivity contribution in [2.24, 2.45) is 0 Å². The first-order valence-electron chi connectivity index (χ1n) is 35.9. The van der Waals surface area contributed by atoms with Gasteiger partial charge in [0.2, 0.25) is 5.91 Å². The third-order valence-electron chi connectivity index (χ3n) is 15.8. The van der Waals surface area contributed by atoms with Crippen LogP contribution in [0.15, 0.2) is 85.1 Å². The third-order valence-corrected chi connectivity index (χ3v) is 16.8. The van der Waals surface area contributed by atoms with Crippen molar-refractivity contribution >= 4 is 19.7 Å². The number of likely N-dealkylation sites (N-methyl/N-ethyl adjacent to an activating group) is 1. The lowest BCUT2D eigenvalue weighted by atomic mass is 10.0. The third kappa shape index (κ3) is 65.5. The number of hydrogen-bond acceptors (Lipinski definition) is 7. The highest BCUT2D eigenvalue weighted by Gasteiger charge is 2.27. The van der Waals surface area contributed by atoms with Crippen LogP contribution in [-0.2, 0) is 27.9 Å². The minimum Gasteiger partial charge on any atom is -0.756 e. The summed E-state index contributed by atoms with van der Waals surface area (Å²) < 4.78 is 30.4. The molecule has 494 valence electrons. The number of phosphoric acid groups is 1. The van der Waals surface area contributed by atoms with E-state index in [9.17, 15) is 19.0 Å². The van der Waals surface area contributed by atoms with Crippen LogP contribution >= 0.6 is 7.82 Å². The number of nitrogens with one attached hydrogen (secondary N) is 1. The van der Waals surface area contributed by atoms with Gasteiger partial charge in [0.1, 0.15) is 19.3 Å². The molecular formula is C75H137N2O7P. The van der Waals surface area contributed by atoms with Gasteiger partial charge in [-0.3, -0.25) is 14.2 Å². The number of ether oxygens (including phenoxy) is 1. The molecule has 0 aromatic carbocycles. The highest BCUT2D eigenvalue weighted by atomic mass is 31.2. The minimum atomic E-state index is -4.71. The van der Waals surface area contributed by atoms with E-state index in [0.717, 1.165) is 103 Å². The van der Waals surface area contributed by atoms with Crippen molar-refractivity contribution < 1.29 is 37.3 Å². The maximum Gasteiger partial charge on any atom is 0.306 e. The summed E-state index contributed by atoms with van der Waals surface area (Å²) in [6, 6.07) is -0.895. The molecule has 3 atom stereocenters. The highest BCUT2D eigenvalue weighted by Crippen LogP contribution is 2.38. The Morgan fingerprint density at radius 2 is 0.753 bits per heavy atom. The van der Waals surface area contributed by atoms with E-state index < -0.39 is 26.6 Å². The molecule has 0 fully saturated rings. The molecule has 9 nitrogen and oxygen atoms in total. The number of amides is 1. The zero-order valence-electron chi connectivity index (χ0n) is 56.6. The summed E-state index contributed by atoms with van der Waals surface area (Å²) in [6.07, 6.45) is 85.7. The standard InChI is InChI=1S/C75H137N2O7P/c1-7-10-13-16-19-22-25-27-29-31-33-35-37-38-40-42-44-46-48-50-53-56-59-62-65-68-75(79)84-73(66-63-60-57-54-51-24-21-18-15-12-9-3)72(71-83-85(80,81)82-70-69-77(4,5)6)76-74(78)67-64-61-58-55-52-49-47-45-43-41-39-36-34-32-30-28-26-23-20-17-14-11-8-2/h10,13,19,22,27-30,33,35,38,40,63,66,72-73H,7-9,11-12,14-18,20-21,23-26,31-32,34,36-37,39,41-62,64-65,67-71H2,1-6H3,(H-,76,78,80,81)/b13-10-,22-19-,29-27-,30-28+,35-33-,40-38-,66-63+. The van der Waals surface area contributed by atoms with Gasteiger partial charge in [0.25, 0.3) is 7.82 Å². The van der Waals surface area contributed by atoms with Gasteiger partial charge in [-0.15, -0.1) is 0 Å². The fourth-order valence-electron chi connectivity index (χ4n) is 10.3. The molecule has 0 spiro atoms. The lowest BCUT2D eigenvalue weighted by Gasteiger charge is -2.30. The van der Waals surface area contributed by atoms with Crippen molar-refractivity contribution in [1.29, 1.82) is 0 Å². The second-order valence-electron chi connectivity index (χ2n) is 25.4. The van der Waals surface area contributed by atoms with Gasteiger partial charge in [0.05, 0.1) is 33.8 Å². The summed E-state index contributed by atoms with van der Waals surface area (Å²) in [7, 11) is 1.18. The molecule has 0 bridgehead atoms. The van der Waals surface area contributed by atoms with E-state index in [2.05, 4.69) is 99.0 Å². The molecule has 0 aliphatic carbocycles. The molecule has 0 saturated heterocycles. The van der Waals surface area contributed by atoms with E-state index in [1.807, 2.05) is 33.3 Å². The Bertz CT molecular complexity index is 1730. The fraction of sp³-hybridized carbons (Fsp3) is 0.787. The molecule has 0 aromatic heterocycles. The van der Waals surface area contributed by atoms with Gasteiger partial charge in [-0.1, -0.05) is 299 Å². The Balaban J connectivity index is 5.02. The average Bonchev–Trinajstić information content (AvgIpc) is 3.58. The van der Waals surface area contributed by atoms with Crippen LogP contribution < -0.4 is 10.2 Å². The number of quaternary nitrogens is 1. The molecule has 0 heterocycles. The first kappa shape index (κ1) is 82.2. The zero-order chi connectivity index (χ0) is 62.1. The number of hydrogen-bond donors (Lipinski definition) is 1. The first-order valence-corrected chi connectivity index (χ1v) is 37.4. The summed E-state index contributed by atoms with van der Waals surface area (Å²) >= 11 is 0. The average molecular weight is 1210 g/mol. The largest absolute Gasteiger partial charge is 0.756 e. The zero-order valence-corrected chi connectivity index (χ0v) is 57.4. The summed E-state index contributed by atoms with van der Waals surface area (Å²) in [5.74, 6) is -0.541. The molecule has 0 aromatic rings. The molecule has 0 aliphatic rings. The lowest BCUT2D eigenvalue weighted by molar-refractivity contribution is -0.870. The number of unbranched alkanes of at least 4 members (excludes halogenated alkanes) is 37. The van der Waals surface area contributed by atoms with Crippen LogP contribution in [0.3, 0.4) is 0 Å². The number of rotatable bonds is 65. The maximum absolute atomic E-state index is 13.6. The molecule has 0 saturated carbocycles. The Morgan fingerprint density at radius 3 is 1.14 bits per heavy atom. The molecular weight excluding hydrogens is 1070 g/mol. The Labute approximate surface area is 526 Å². The smallest absolute Gasteiger partial charge is 0.306 e. The summed E-state index contributed by atoms with van der Waals surface area (Å²) in [5.41, 5.74) is 0. The van der Waals surface area contributed by atoms with E-state index in [1.54, 1.807) is 0 Å². The SMILES string of the molecule is CC/C=C\C/C=C\C/C=C\C/C=C\C/C=C\CCCCCCCCCCCC(=O)OC(/C=C/CCCCCCCCCCC)C(COP(=O)([O-])OCC[N+](C)(C)C)NC(=O)CCCCCCCCCCCCCCC/C=C/CCCCCCCC. The van der Waals surface area contributed by atoms with Crippen LogP contribution in [0, 0.1) is 0 Å². The van der Waals surface area contributed by atoms with Gasteiger partial charge in [-0.25, -0.2) is 0 Å². The second kappa shape index (κ2) is 64.2. The predicted octanol–water partition coefficient (Wildman–Crippen LogP) is 22.3. The number of nitrogens with zero attached hydrogens (tertiary/aromatic N) is 1. The van der Waals surface area contributed by atoms with Crippen LogP contribution in [0.25, 0.3) is 0 Å². The predicted molar refractivity (Wildman–Crippen MR) is 367 cm³/mol. The number of esters is 1. The number of allylic oxidation sites excluding steroid dienone is 13. The van der Waals surface area contributed by atoms with E-state index in [1.165, 1.54) is 193 Å². The second-order valence-corrected chi connectivity index (χ2v) is 26.8. The summed E-state index contributed by atoms with van der Waals surface area (Å²) in [5, 5.41) is 3.04. The Kier molecular flexibility index (Phi) is 62.1. The van der Waals surface area contributed by atoms with Crippen molar-refractivity contribution in [2.45, 2.75) is 341 Å². The molecule has 1 N–H and O–H groups in total.